The van der Waals surface area contributed by atoms with Crippen molar-refractivity contribution in [3.05, 3.63) is 38.5 Å². The first-order valence-corrected chi connectivity index (χ1v) is 10.5. The predicted octanol–water partition coefficient (Wildman–Crippen LogP) is 2.79. The van der Waals surface area contributed by atoms with Crippen molar-refractivity contribution in [2.75, 3.05) is 33.7 Å². The molecule has 0 bridgehead atoms. The number of guanidine groups is 1. The van der Waals surface area contributed by atoms with Crippen LogP contribution in [-0.2, 0) is 24.1 Å². The van der Waals surface area contributed by atoms with Crippen LogP contribution in [-0.4, -0.2) is 55.5 Å². The number of thiazole rings is 1. The van der Waals surface area contributed by atoms with Gasteiger partial charge in [0.1, 0.15) is 6.54 Å². The Morgan fingerprint density at radius 3 is 2.56 bits per heavy atom. The Bertz CT molecular complexity index is 700. The van der Waals surface area contributed by atoms with Gasteiger partial charge in [-0.1, -0.05) is 13.0 Å². The molecular weight excluding hydrogens is 493 g/mol. The number of carbonyl (C=O) groups excluding carboxylic acids is 1. The van der Waals surface area contributed by atoms with Gasteiger partial charge in [-0.15, -0.1) is 46.7 Å². The molecule has 0 saturated carbocycles. The fraction of sp³-hybridized carbons (Fsp3) is 0.500. The second-order valence-corrected chi connectivity index (χ2v) is 8.19. The lowest BCUT2D eigenvalue weighted by molar-refractivity contribution is -0.127. The van der Waals surface area contributed by atoms with Crippen molar-refractivity contribution in [3.8, 4) is 0 Å². The number of thiophene rings is 1. The van der Waals surface area contributed by atoms with Crippen LogP contribution in [0.1, 0.15) is 21.7 Å². The summed E-state index contributed by atoms with van der Waals surface area (Å²) in [7, 11) is 3.48. The minimum Gasteiger partial charge on any atom is -0.356 e. The molecule has 0 saturated heterocycles. The third kappa shape index (κ3) is 9.02. The molecule has 2 aromatic heterocycles. The zero-order valence-corrected chi connectivity index (χ0v) is 20.0. The molecule has 2 N–H and O–H groups in total. The van der Waals surface area contributed by atoms with E-state index in [4.69, 9.17) is 0 Å². The Morgan fingerprint density at radius 2 is 1.96 bits per heavy atom. The molecule has 0 fully saturated rings. The quantitative estimate of drug-likeness (QED) is 0.303. The van der Waals surface area contributed by atoms with E-state index < -0.39 is 0 Å². The van der Waals surface area contributed by atoms with Crippen LogP contribution in [0.3, 0.4) is 0 Å². The zero-order chi connectivity index (χ0) is 18.8. The highest BCUT2D eigenvalue weighted by atomic mass is 127. The Hall–Kier alpha value is -1.20. The Balaban J connectivity index is 0.00000364. The lowest BCUT2D eigenvalue weighted by atomic mass is 10.3. The van der Waals surface area contributed by atoms with Crippen LogP contribution in [0.5, 0.6) is 0 Å². The van der Waals surface area contributed by atoms with Crippen LogP contribution < -0.4 is 10.6 Å². The molecule has 0 radical (unpaired) electrons. The second-order valence-electron chi connectivity index (χ2n) is 5.96. The number of rotatable bonds is 9. The molecule has 0 aliphatic heterocycles. The summed E-state index contributed by atoms with van der Waals surface area (Å²) >= 11 is 3.50. The van der Waals surface area contributed by atoms with E-state index in [1.807, 2.05) is 6.20 Å². The average Bonchev–Trinajstić information content (AvgIpc) is 3.30. The number of aliphatic imine (C=N–C) groups is 1. The van der Waals surface area contributed by atoms with Gasteiger partial charge in [0, 0.05) is 49.6 Å². The summed E-state index contributed by atoms with van der Waals surface area (Å²) in [5.41, 5.74) is 0. The lowest BCUT2D eigenvalue weighted by Gasteiger charge is -2.13. The molecule has 150 valence electrons. The van der Waals surface area contributed by atoms with E-state index >= 15 is 0 Å². The van der Waals surface area contributed by atoms with Crippen LogP contribution in [0.15, 0.2) is 28.7 Å². The maximum Gasteiger partial charge on any atom is 0.243 e. The maximum absolute atomic E-state index is 11.8. The Labute approximate surface area is 186 Å². The van der Waals surface area contributed by atoms with E-state index in [1.54, 1.807) is 41.7 Å². The van der Waals surface area contributed by atoms with Crippen LogP contribution >= 0.6 is 46.7 Å². The van der Waals surface area contributed by atoms with Gasteiger partial charge in [-0.25, -0.2) is 9.98 Å². The van der Waals surface area contributed by atoms with E-state index in [9.17, 15) is 4.79 Å². The number of halogens is 1. The van der Waals surface area contributed by atoms with Gasteiger partial charge >= 0.3 is 0 Å². The zero-order valence-electron chi connectivity index (χ0n) is 16.0. The second kappa shape index (κ2) is 13.1. The molecule has 6 nitrogen and oxygen atoms in total. The summed E-state index contributed by atoms with van der Waals surface area (Å²) in [6, 6.07) is 4.18. The van der Waals surface area contributed by atoms with Crippen LogP contribution in [0.2, 0.25) is 0 Å². The molecule has 0 spiro atoms. The number of aryl methyl sites for hydroxylation is 1. The minimum atomic E-state index is -0.0168. The molecular formula is C18H28IN5OS2. The minimum absolute atomic E-state index is 0. The van der Waals surface area contributed by atoms with Crippen molar-refractivity contribution in [1.82, 2.24) is 20.5 Å². The third-order valence-corrected chi connectivity index (χ3v) is 5.83. The van der Waals surface area contributed by atoms with Crippen molar-refractivity contribution in [1.29, 1.82) is 0 Å². The first kappa shape index (κ1) is 23.8. The van der Waals surface area contributed by atoms with Gasteiger partial charge in [0.15, 0.2) is 5.96 Å². The van der Waals surface area contributed by atoms with Gasteiger partial charge < -0.3 is 15.5 Å². The molecule has 0 aliphatic carbocycles. The van der Waals surface area contributed by atoms with E-state index in [-0.39, 0.29) is 36.4 Å². The summed E-state index contributed by atoms with van der Waals surface area (Å²) in [4.78, 5) is 24.8. The van der Waals surface area contributed by atoms with Crippen molar-refractivity contribution in [2.45, 2.75) is 26.2 Å². The van der Waals surface area contributed by atoms with Gasteiger partial charge in [0.05, 0.1) is 5.01 Å². The van der Waals surface area contributed by atoms with Crippen molar-refractivity contribution >= 4 is 58.5 Å². The molecule has 2 aromatic rings. The number of amides is 1. The number of aromatic nitrogens is 1. The first-order valence-electron chi connectivity index (χ1n) is 8.76. The molecule has 0 aromatic carbocycles. The topological polar surface area (TPSA) is 69.6 Å². The van der Waals surface area contributed by atoms with Crippen LogP contribution in [0.4, 0.5) is 0 Å². The SMILES string of the molecule is CCc1cnc(CCNC(=NCC(=O)N(C)C)NCCc2cccs2)s1.I. The van der Waals surface area contributed by atoms with Crippen molar-refractivity contribution in [2.24, 2.45) is 4.99 Å². The highest BCUT2D eigenvalue weighted by Gasteiger charge is 2.06. The highest BCUT2D eigenvalue weighted by Crippen LogP contribution is 2.13. The molecule has 0 aliphatic rings. The number of nitrogens with one attached hydrogen (secondary N) is 2. The van der Waals surface area contributed by atoms with Crippen molar-refractivity contribution < 1.29 is 4.79 Å². The number of hydrogen-bond acceptors (Lipinski definition) is 5. The standard InChI is InChI=1S/C18H27N5OS2.HI/c1-4-14-12-21-16(26-14)8-10-20-18(22-13-17(24)23(2)3)19-9-7-15-6-5-11-25-15;/h5-6,11-12H,4,7-10,13H2,1-3H3,(H2,19,20,22);1H. The summed E-state index contributed by atoms with van der Waals surface area (Å²) in [6.07, 6.45) is 4.75. The first-order chi connectivity index (χ1) is 12.6. The monoisotopic (exact) mass is 521 g/mol. The number of likely N-dealkylation sites (N-methyl/N-ethyl adjacent to an activating group) is 1. The van der Waals surface area contributed by atoms with Gasteiger partial charge in [-0.05, 0) is 24.3 Å². The summed E-state index contributed by atoms with van der Waals surface area (Å²) in [6.45, 7) is 3.79. The molecule has 9 heteroatoms. The molecule has 2 heterocycles. The summed E-state index contributed by atoms with van der Waals surface area (Å²) in [5, 5.41) is 9.82. The van der Waals surface area contributed by atoms with Crippen LogP contribution in [0, 0.1) is 0 Å². The Morgan fingerprint density at radius 1 is 1.22 bits per heavy atom. The van der Waals surface area contributed by atoms with Crippen molar-refractivity contribution in [3.63, 3.8) is 0 Å². The molecule has 1 amide bonds. The van der Waals surface area contributed by atoms with E-state index in [0.29, 0.717) is 5.96 Å². The summed E-state index contributed by atoms with van der Waals surface area (Å²) in [5.74, 6) is 0.654. The molecule has 0 atom stereocenters. The number of hydrogen-bond donors (Lipinski definition) is 2. The highest BCUT2D eigenvalue weighted by molar-refractivity contribution is 14.0. The van der Waals surface area contributed by atoms with Gasteiger partial charge in [-0.3, -0.25) is 4.79 Å². The summed E-state index contributed by atoms with van der Waals surface area (Å²) < 4.78 is 0. The molecule has 2 rings (SSSR count). The average molecular weight is 521 g/mol. The van der Waals surface area contributed by atoms with E-state index in [1.165, 1.54) is 9.75 Å². The number of nitrogens with zero attached hydrogens (tertiary/aromatic N) is 3. The van der Waals surface area contributed by atoms with Gasteiger partial charge in [-0.2, -0.15) is 0 Å². The fourth-order valence-corrected chi connectivity index (χ4v) is 3.71. The number of carbonyl (C=O) groups is 1. The lowest BCUT2D eigenvalue weighted by Crippen LogP contribution is -2.40. The van der Waals surface area contributed by atoms with Gasteiger partial charge in [0.25, 0.3) is 0 Å². The smallest absolute Gasteiger partial charge is 0.243 e. The fourth-order valence-electron chi connectivity index (χ4n) is 2.14. The maximum atomic E-state index is 11.8. The largest absolute Gasteiger partial charge is 0.356 e. The Kier molecular flexibility index (Phi) is 11.5. The van der Waals surface area contributed by atoms with E-state index in [0.717, 1.165) is 37.4 Å². The van der Waals surface area contributed by atoms with Crippen LogP contribution in [0.25, 0.3) is 0 Å². The third-order valence-electron chi connectivity index (χ3n) is 3.70. The van der Waals surface area contributed by atoms with E-state index in [2.05, 4.69) is 45.0 Å². The van der Waals surface area contributed by atoms with Gasteiger partial charge in [0.2, 0.25) is 5.91 Å². The predicted molar refractivity (Wildman–Crippen MR) is 126 cm³/mol. The normalized spacial score (nSPS) is 11.0. The molecule has 0 unspecified atom stereocenters. The molecule has 27 heavy (non-hydrogen) atoms.